The first-order valence-corrected chi connectivity index (χ1v) is 26.3. The average Bonchev–Trinajstić information content (AvgIpc) is 4.17. The molecule has 7 aromatic rings. The first kappa shape index (κ1) is 50.7. The molecular weight excluding hydrogens is 881 g/mol. The average molecular weight is 949 g/mol. The van der Waals surface area contributed by atoms with E-state index in [4.69, 9.17) is 18.3 Å². The van der Waals surface area contributed by atoms with E-state index < -0.39 is 0 Å². The predicted octanol–water partition coefficient (Wildman–Crippen LogP) is 16.7. The molecule has 11 heteroatoms. The van der Waals surface area contributed by atoms with Gasteiger partial charge in [0.25, 0.3) is 11.8 Å². The van der Waals surface area contributed by atoms with Gasteiger partial charge in [-0.3, -0.25) is 9.59 Å². The molecule has 362 valence electrons. The normalized spacial score (nSPS) is 11.3. The van der Waals surface area contributed by atoms with Crippen molar-refractivity contribution in [3.8, 4) is 78.2 Å². The van der Waals surface area contributed by atoms with Crippen LogP contribution in [0.25, 0.3) is 66.7 Å². The maximum atomic E-state index is 11.2. The largest absolute Gasteiger partial charge is 0.488 e. The summed E-state index contributed by atoms with van der Waals surface area (Å²) in [6.45, 7) is 5.53. The van der Waals surface area contributed by atoms with Gasteiger partial charge in [-0.15, -0.1) is 31.7 Å². The van der Waals surface area contributed by atoms with Gasteiger partial charge in [-0.05, 0) is 59.4 Å². The van der Waals surface area contributed by atoms with Crippen LogP contribution in [0, 0.1) is 0 Å². The highest BCUT2D eigenvalue weighted by Crippen LogP contribution is 2.52. The third kappa shape index (κ3) is 14.9. The third-order valence-electron chi connectivity index (χ3n) is 12.6. The molecule has 0 fully saturated rings. The Kier molecular flexibility index (Phi) is 20.3. The van der Waals surface area contributed by atoms with Gasteiger partial charge in [0, 0.05) is 22.3 Å². The van der Waals surface area contributed by atoms with Gasteiger partial charge < -0.3 is 18.3 Å². The number of aldehydes is 2. The number of carbonyl (C=O) groups excluding carboxylic acids is 2. The first-order chi connectivity index (χ1) is 34.1. The third-order valence-corrected chi connectivity index (χ3v) is 13.7. The van der Waals surface area contributed by atoms with Crippen molar-refractivity contribution in [2.24, 2.45) is 0 Å². The van der Waals surface area contributed by atoms with Gasteiger partial charge in [-0.25, -0.2) is 0 Å². The lowest BCUT2D eigenvalue weighted by atomic mass is 10.0. The van der Waals surface area contributed by atoms with Crippen LogP contribution >= 0.6 is 11.3 Å². The topological polar surface area (TPSA) is 130 Å². The molecule has 7 rings (SSSR count). The van der Waals surface area contributed by atoms with Crippen molar-refractivity contribution in [2.45, 2.75) is 142 Å². The summed E-state index contributed by atoms with van der Waals surface area (Å²) in [6.07, 6.45) is 26.2. The summed E-state index contributed by atoms with van der Waals surface area (Å²) < 4.78 is 26.4. The summed E-state index contributed by atoms with van der Waals surface area (Å²) in [4.78, 5) is 23.7. The van der Waals surface area contributed by atoms with E-state index in [0.29, 0.717) is 69.2 Å². The summed E-state index contributed by atoms with van der Waals surface area (Å²) >= 11 is 1.39. The number of ether oxygens (including phenoxy) is 2. The molecule has 0 unspecified atom stereocenters. The van der Waals surface area contributed by atoms with E-state index in [0.717, 1.165) is 71.6 Å². The molecule has 4 aromatic carbocycles. The Morgan fingerprint density at radius 1 is 0.377 bits per heavy atom. The fraction of sp³-hybridized carbons (Fsp3) is 0.414. The van der Waals surface area contributed by atoms with Crippen LogP contribution in [0.1, 0.15) is 163 Å². The Balaban J connectivity index is 1.13. The summed E-state index contributed by atoms with van der Waals surface area (Å²) in [7, 11) is 0. The number of unbranched alkanes of at least 4 members (excludes halogenated alkanes) is 18. The molecule has 0 amide bonds. The Morgan fingerprint density at radius 3 is 0.971 bits per heavy atom. The van der Waals surface area contributed by atoms with E-state index in [1.54, 1.807) is 0 Å². The zero-order chi connectivity index (χ0) is 47.9. The second-order valence-corrected chi connectivity index (χ2v) is 19.0. The Labute approximate surface area is 412 Å². The van der Waals surface area contributed by atoms with Crippen LogP contribution in [-0.2, 0) is 0 Å². The van der Waals surface area contributed by atoms with Crippen molar-refractivity contribution < 1.29 is 27.9 Å². The Bertz CT molecular complexity index is 2400. The van der Waals surface area contributed by atoms with Gasteiger partial charge in [-0.1, -0.05) is 202 Å². The second kappa shape index (κ2) is 27.7. The van der Waals surface area contributed by atoms with Crippen LogP contribution in [0.15, 0.2) is 106 Å². The molecular formula is C58H68N4O6S. The number of hydrogen-bond acceptors (Lipinski definition) is 11. The maximum absolute atomic E-state index is 11.2. The lowest BCUT2D eigenvalue weighted by Crippen LogP contribution is -2.03. The minimum absolute atomic E-state index is 0.313. The van der Waals surface area contributed by atoms with E-state index >= 15 is 0 Å². The van der Waals surface area contributed by atoms with Crippen molar-refractivity contribution >= 4 is 23.9 Å². The van der Waals surface area contributed by atoms with Crippen LogP contribution < -0.4 is 9.47 Å². The summed E-state index contributed by atoms with van der Waals surface area (Å²) in [5.41, 5.74) is 6.83. The zero-order valence-corrected chi connectivity index (χ0v) is 41.4. The summed E-state index contributed by atoms with van der Waals surface area (Å²) in [5.74, 6) is 2.47. The molecule has 3 aromatic heterocycles. The van der Waals surface area contributed by atoms with Gasteiger partial charge in [0.2, 0.25) is 11.8 Å². The lowest BCUT2D eigenvalue weighted by Gasteiger charge is -2.11. The zero-order valence-electron chi connectivity index (χ0n) is 40.6. The highest BCUT2D eigenvalue weighted by molar-refractivity contribution is 7.19. The van der Waals surface area contributed by atoms with Gasteiger partial charge in [0.15, 0.2) is 11.5 Å². The Hall–Kier alpha value is -6.20. The van der Waals surface area contributed by atoms with Crippen LogP contribution in [0.5, 0.6) is 11.5 Å². The molecule has 0 atom stereocenters. The van der Waals surface area contributed by atoms with E-state index in [-0.39, 0.29) is 0 Å². The quantitative estimate of drug-likeness (QED) is 0.0297. The number of aromatic nitrogens is 4. The molecule has 10 nitrogen and oxygen atoms in total. The SMILES string of the molecule is CCCCCCCCCCCCOc1c(-c2nnc(-c3ccc(-c4ccc(C=O)cc4)cc3)o2)sc(-c2nnc(-c3ccc(-c4ccc(C=O)cc4)cc3)o2)c1OCCCCCCCCCCCC. The maximum Gasteiger partial charge on any atom is 0.262 e. The highest BCUT2D eigenvalue weighted by Gasteiger charge is 2.30. The van der Waals surface area contributed by atoms with Crippen molar-refractivity contribution in [2.75, 3.05) is 13.2 Å². The minimum atomic E-state index is 0.313. The molecule has 0 saturated carbocycles. The van der Waals surface area contributed by atoms with E-state index in [1.165, 1.54) is 114 Å². The molecule has 0 aliphatic carbocycles. The second-order valence-electron chi connectivity index (χ2n) is 17.9. The number of carbonyl (C=O) groups is 2. The van der Waals surface area contributed by atoms with Gasteiger partial charge in [0.05, 0.1) is 13.2 Å². The number of rotatable bonds is 32. The van der Waals surface area contributed by atoms with Crippen molar-refractivity contribution in [3.05, 3.63) is 108 Å². The summed E-state index contributed by atoms with van der Waals surface area (Å²) in [5, 5.41) is 18.2. The molecule has 0 aliphatic rings. The predicted molar refractivity (Wildman–Crippen MR) is 278 cm³/mol. The van der Waals surface area contributed by atoms with Gasteiger partial charge in [0.1, 0.15) is 22.3 Å². The number of nitrogens with zero attached hydrogens (tertiary/aromatic N) is 4. The molecule has 0 N–H and O–H groups in total. The fourth-order valence-corrected chi connectivity index (χ4v) is 9.49. The smallest absolute Gasteiger partial charge is 0.262 e. The van der Waals surface area contributed by atoms with Gasteiger partial charge in [-0.2, -0.15) is 0 Å². The van der Waals surface area contributed by atoms with Gasteiger partial charge >= 0.3 is 0 Å². The van der Waals surface area contributed by atoms with Crippen LogP contribution in [-0.4, -0.2) is 46.2 Å². The van der Waals surface area contributed by atoms with Crippen LogP contribution in [0.4, 0.5) is 0 Å². The highest BCUT2D eigenvalue weighted by atomic mass is 32.1. The number of hydrogen-bond donors (Lipinski definition) is 0. The number of thiophene rings is 1. The molecule has 0 aliphatic heterocycles. The van der Waals surface area contributed by atoms with E-state index in [1.807, 2.05) is 97.1 Å². The lowest BCUT2D eigenvalue weighted by molar-refractivity contribution is 0.111. The van der Waals surface area contributed by atoms with Crippen LogP contribution in [0.2, 0.25) is 0 Å². The Morgan fingerprint density at radius 2 is 0.652 bits per heavy atom. The van der Waals surface area contributed by atoms with E-state index in [9.17, 15) is 9.59 Å². The molecule has 0 bridgehead atoms. The molecule has 0 spiro atoms. The van der Waals surface area contributed by atoms with Crippen molar-refractivity contribution in [1.29, 1.82) is 0 Å². The van der Waals surface area contributed by atoms with Crippen LogP contribution in [0.3, 0.4) is 0 Å². The van der Waals surface area contributed by atoms with Crippen molar-refractivity contribution in [1.82, 2.24) is 20.4 Å². The molecule has 0 radical (unpaired) electrons. The fourth-order valence-electron chi connectivity index (χ4n) is 8.45. The standard InChI is InChI=1S/C58H68N4O6S/c1-3-5-7-9-11-13-15-17-19-21-39-65-51-52(66-40-22-20-18-16-14-12-10-8-6-4-2)54(58-62-60-56(68-58)50-37-33-48(34-38-50)46-29-25-44(42-64)26-30-46)69-53(51)57-61-59-55(67-57)49-35-31-47(32-36-49)45-27-23-43(41-63)24-28-45/h23-38,41-42H,3-22,39-40H2,1-2H3. The molecule has 69 heavy (non-hydrogen) atoms. The molecule has 0 saturated heterocycles. The van der Waals surface area contributed by atoms with Crippen molar-refractivity contribution in [3.63, 3.8) is 0 Å². The first-order valence-electron chi connectivity index (χ1n) is 25.5. The molecule has 3 heterocycles. The summed E-state index contributed by atoms with van der Waals surface area (Å²) in [6, 6.07) is 30.8. The minimum Gasteiger partial charge on any atom is -0.488 e. The monoisotopic (exact) mass is 948 g/mol. The van der Waals surface area contributed by atoms with E-state index in [2.05, 4.69) is 34.2 Å². The number of benzene rings is 4.